The number of nitrogens with zero attached hydrogens (tertiary/aromatic N) is 2. The molecule has 5 atom stereocenters. The zero-order valence-corrected chi connectivity index (χ0v) is 19.7. The molecular formula is C25H32N4O2S. The normalized spacial score (nSPS) is 41.5. The number of benzene rings is 1. The molecule has 0 radical (unpaired) electrons. The summed E-state index contributed by atoms with van der Waals surface area (Å²) in [5.74, 6) is 1.95. The summed E-state index contributed by atoms with van der Waals surface area (Å²) >= 11 is 5.45. The number of amides is 2. The topological polar surface area (TPSA) is 64.7 Å². The minimum Gasteiger partial charge on any atom is -0.349 e. The van der Waals surface area contributed by atoms with Gasteiger partial charge in [0.15, 0.2) is 5.11 Å². The molecule has 6 aliphatic rings. The highest BCUT2D eigenvalue weighted by Gasteiger charge is 2.77. The summed E-state index contributed by atoms with van der Waals surface area (Å²) in [5, 5.41) is 9.84. The van der Waals surface area contributed by atoms with Crippen molar-refractivity contribution in [3.8, 4) is 0 Å². The summed E-state index contributed by atoms with van der Waals surface area (Å²) in [5.41, 5.74) is 2.16. The Morgan fingerprint density at radius 3 is 2.53 bits per heavy atom. The van der Waals surface area contributed by atoms with Gasteiger partial charge in [-0.05, 0) is 98.4 Å². The summed E-state index contributed by atoms with van der Waals surface area (Å²) < 4.78 is 0. The molecule has 7 heteroatoms. The summed E-state index contributed by atoms with van der Waals surface area (Å²) in [6, 6.07) is 9.00. The molecule has 170 valence electrons. The van der Waals surface area contributed by atoms with Gasteiger partial charge in [0.05, 0.1) is 11.7 Å². The van der Waals surface area contributed by atoms with Crippen LogP contribution in [0.2, 0.25) is 0 Å². The van der Waals surface area contributed by atoms with E-state index in [2.05, 4.69) is 10.6 Å². The van der Waals surface area contributed by atoms with E-state index < -0.39 is 6.04 Å². The lowest BCUT2D eigenvalue weighted by molar-refractivity contribution is -0.121. The van der Waals surface area contributed by atoms with Crippen molar-refractivity contribution in [1.82, 2.24) is 15.6 Å². The van der Waals surface area contributed by atoms with Gasteiger partial charge in [-0.3, -0.25) is 9.59 Å². The fourth-order valence-corrected chi connectivity index (χ4v) is 8.34. The average Bonchev–Trinajstić information content (AvgIpc) is 3.07. The van der Waals surface area contributed by atoms with E-state index in [1.807, 2.05) is 49.3 Å². The molecule has 7 rings (SSSR count). The first kappa shape index (κ1) is 20.6. The Kier molecular flexibility index (Phi) is 4.51. The zero-order chi connectivity index (χ0) is 22.3. The van der Waals surface area contributed by atoms with E-state index in [0.717, 1.165) is 11.6 Å². The summed E-state index contributed by atoms with van der Waals surface area (Å²) in [4.78, 5) is 26.0. The van der Waals surface area contributed by atoms with Gasteiger partial charge in [-0.25, -0.2) is 10.0 Å². The number of hydrogen-bond donors (Lipinski definition) is 2. The first-order chi connectivity index (χ1) is 15.3. The number of nitrogens with one attached hydrogen (secondary N) is 2. The van der Waals surface area contributed by atoms with Crippen LogP contribution in [0.1, 0.15) is 51.9 Å². The third-order valence-electron chi connectivity index (χ3n) is 9.49. The van der Waals surface area contributed by atoms with Gasteiger partial charge in [-0.2, -0.15) is 0 Å². The van der Waals surface area contributed by atoms with Crippen molar-refractivity contribution in [2.75, 3.05) is 12.1 Å². The van der Waals surface area contributed by atoms with Crippen LogP contribution in [-0.2, 0) is 9.59 Å². The van der Waals surface area contributed by atoms with Crippen molar-refractivity contribution in [3.63, 3.8) is 0 Å². The van der Waals surface area contributed by atoms with Crippen LogP contribution in [0.4, 0.5) is 5.69 Å². The van der Waals surface area contributed by atoms with E-state index in [9.17, 15) is 9.59 Å². The molecule has 0 unspecified atom stereocenters. The van der Waals surface area contributed by atoms with Crippen LogP contribution in [0.25, 0.3) is 0 Å². The standard InChI is InChI=1S/C25H32N4O2S/c1-15-21(22(31)29(28(15)2)19-6-4-3-5-7-19)27-23(32)26-20(30)9-17-8-16-10-24-12-18(17)13-25(24,11-16)14-24/h3-7,15-18,21H,8-14H2,1-2H3,(H2,26,27,30,32)/t15-,16?,17+,18?,21-,24+,25+/m1/s1. The van der Waals surface area contributed by atoms with E-state index in [4.69, 9.17) is 12.2 Å². The number of hydrazine groups is 1. The van der Waals surface area contributed by atoms with Gasteiger partial charge in [-0.15, -0.1) is 0 Å². The maximum Gasteiger partial charge on any atom is 0.265 e. The Bertz CT molecular complexity index is 965. The van der Waals surface area contributed by atoms with Crippen molar-refractivity contribution in [2.24, 2.45) is 28.6 Å². The van der Waals surface area contributed by atoms with Gasteiger partial charge >= 0.3 is 0 Å². The summed E-state index contributed by atoms with van der Waals surface area (Å²) in [7, 11) is 1.90. The van der Waals surface area contributed by atoms with E-state index in [0.29, 0.717) is 29.1 Å². The van der Waals surface area contributed by atoms with Crippen LogP contribution < -0.4 is 15.6 Å². The Morgan fingerprint density at radius 2 is 1.84 bits per heavy atom. The van der Waals surface area contributed by atoms with E-state index in [1.54, 1.807) is 5.01 Å². The van der Waals surface area contributed by atoms with E-state index >= 15 is 0 Å². The smallest absolute Gasteiger partial charge is 0.265 e. The molecule has 5 aliphatic carbocycles. The lowest BCUT2D eigenvalue weighted by atomic mass is 9.84. The van der Waals surface area contributed by atoms with Gasteiger partial charge in [0.2, 0.25) is 5.91 Å². The maximum atomic E-state index is 13.1. The van der Waals surface area contributed by atoms with Crippen LogP contribution in [0.15, 0.2) is 30.3 Å². The molecule has 0 aromatic heterocycles. The quantitative estimate of drug-likeness (QED) is 0.687. The Balaban J connectivity index is 1.06. The zero-order valence-electron chi connectivity index (χ0n) is 18.8. The number of rotatable bonds is 4. The van der Waals surface area contributed by atoms with Crippen molar-refractivity contribution in [2.45, 2.75) is 64.0 Å². The molecule has 2 N–H and O–H groups in total. The number of para-hydroxylation sites is 1. The molecule has 1 heterocycles. The monoisotopic (exact) mass is 452 g/mol. The first-order valence-electron chi connectivity index (χ1n) is 12.0. The van der Waals surface area contributed by atoms with Gasteiger partial charge in [0, 0.05) is 13.5 Å². The number of thiocarbonyl (C=S) groups is 1. The van der Waals surface area contributed by atoms with Crippen LogP contribution in [0.3, 0.4) is 0 Å². The van der Waals surface area contributed by atoms with Crippen LogP contribution in [0.5, 0.6) is 0 Å². The summed E-state index contributed by atoms with van der Waals surface area (Å²) in [6.45, 7) is 1.99. The molecule has 2 spiro atoms. The number of hydrogen-bond acceptors (Lipinski definition) is 4. The number of anilines is 1. The third-order valence-corrected chi connectivity index (χ3v) is 9.71. The molecule has 6 nitrogen and oxygen atoms in total. The van der Waals surface area contributed by atoms with Gasteiger partial charge in [-0.1, -0.05) is 18.2 Å². The SMILES string of the molecule is C[C@@H]1[C@@H](NC(=S)NC(=O)C[C@@H]2CC3C[C@@]45CC2C[C@@]4(C3)C5)C(=O)N(c2ccccc2)N1C. The second-order valence-corrected chi connectivity index (χ2v) is 11.6. The molecule has 1 aromatic rings. The third kappa shape index (κ3) is 2.97. The first-order valence-corrected chi connectivity index (χ1v) is 12.4. The largest absolute Gasteiger partial charge is 0.349 e. The maximum absolute atomic E-state index is 13.1. The lowest BCUT2D eigenvalue weighted by Gasteiger charge is -2.26. The number of carbonyl (C=O) groups is 2. The van der Waals surface area contributed by atoms with Gasteiger partial charge in [0.25, 0.3) is 5.91 Å². The molecule has 2 amide bonds. The fraction of sp³-hybridized carbons (Fsp3) is 0.640. The molecule has 1 aromatic carbocycles. The van der Waals surface area contributed by atoms with Crippen molar-refractivity contribution >= 4 is 34.8 Å². The highest BCUT2D eigenvalue weighted by molar-refractivity contribution is 7.80. The van der Waals surface area contributed by atoms with Crippen molar-refractivity contribution < 1.29 is 9.59 Å². The molecule has 4 bridgehead atoms. The molecule has 1 aliphatic heterocycles. The van der Waals surface area contributed by atoms with Gasteiger partial charge < -0.3 is 10.6 Å². The van der Waals surface area contributed by atoms with Crippen LogP contribution in [0, 0.1) is 28.6 Å². The molecule has 5 saturated carbocycles. The molecule has 1 saturated heterocycles. The molecular weight excluding hydrogens is 420 g/mol. The van der Waals surface area contributed by atoms with Crippen molar-refractivity contribution in [1.29, 1.82) is 0 Å². The second kappa shape index (κ2) is 7.00. The van der Waals surface area contributed by atoms with E-state index in [1.165, 1.54) is 38.5 Å². The van der Waals surface area contributed by atoms with Gasteiger partial charge in [0.1, 0.15) is 6.04 Å². The van der Waals surface area contributed by atoms with E-state index in [-0.39, 0.29) is 23.0 Å². The predicted molar refractivity (Wildman–Crippen MR) is 126 cm³/mol. The average molecular weight is 453 g/mol. The second-order valence-electron chi connectivity index (χ2n) is 11.2. The Morgan fingerprint density at radius 1 is 1.16 bits per heavy atom. The lowest BCUT2D eigenvalue weighted by Crippen LogP contribution is -2.50. The van der Waals surface area contributed by atoms with Crippen LogP contribution in [-0.4, -0.2) is 41.1 Å². The molecule has 6 fully saturated rings. The molecule has 32 heavy (non-hydrogen) atoms. The fourth-order valence-electron chi connectivity index (χ4n) is 8.09. The summed E-state index contributed by atoms with van der Waals surface area (Å²) in [6.07, 6.45) is 8.74. The predicted octanol–water partition coefficient (Wildman–Crippen LogP) is 3.23. The van der Waals surface area contributed by atoms with Crippen molar-refractivity contribution in [3.05, 3.63) is 30.3 Å². The highest BCUT2D eigenvalue weighted by atomic mass is 32.1. The minimum atomic E-state index is -0.501. The Labute approximate surface area is 195 Å². The van der Waals surface area contributed by atoms with Crippen LogP contribution >= 0.6 is 12.2 Å². The number of carbonyl (C=O) groups excluding carboxylic acids is 2. The highest BCUT2D eigenvalue weighted by Crippen LogP contribution is 2.86. The number of likely N-dealkylation sites (N-methyl/N-ethyl adjacent to an activating group) is 1. The Hall–Kier alpha value is -1.99. The number of fused-ring (bicyclic) bond motifs is 1. The minimum absolute atomic E-state index is 0.00917.